The number of allylic oxidation sites excluding steroid dienone is 2. The van der Waals surface area contributed by atoms with Crippen LogP contribution in [0.25, 0.3) is 0 Å². The molecule has 5 aliphatic rings. The van der Waals surface area contributed by atoms with Gasteiger partial charge in [-0.15, -0.1) is 0 Å². The molecule has 9 atom stereocenters. The third-order valence-electron chi connectivity index (χ3n) is 13.1. The Hall–Kier alpha value is -1.16. The maximum absolute atomic E-state index is 13.1. The van der Waals surface area contributed by atoms with Crippen LogP contribution in [0.1, 0.15) is 106 Å². The molecule has 4 fully saturated rings. The predicted molar refractivity (Wildman–Crippen MR) is 133 cm³/mol. The molecule has 190 valence electrons. The lowest BCUT2D eigenvalue weighted by molar-refractivity contribution is -0.202. The summed E-state index contributed by atoms with van der Waals surface area (Å²) < 4.78 is 0. The first-order valence-electron chi connectivity index (χ1n) is 13.7. The molecular weight excluding hydrogens is 424 g/mol. The number of fused-ring (bicyclic) bond motifs is 7. The van der Waals surface area contributed by atoms with Crippen molar-refractivity contribution in [3.63, 3.8) is 0 Å². The fraction of sp³-hybridized carbons (Fsp3) is 0.867. The van der Waals surface area contributed by atoms with Crippen LogP contribution >= 0.6 is 0 Å². The Bertz CT molecular complexity index is 965. The first kappa shape index (κ1) is 24.5. The summed E-state index contributed by atoms with van der Waals surface area (Å²) in [6, 6.07) is 0. The van der Waals surface area contributed by atoms with Crippen molar-refractivity contribution in [2.75, 3.05) is 0 Å². The van der Waals surface area contributed by atoms with Gasteiger partial charge in [-0.3, -0.25) is 9.59 Å². The summed E-state index contributed by atoms with van der Waals surface area (Å²) in [7, 11) is 0. The van der Waals surface area contributed by atoms with Gasteiger partial charge in [-0.25, -0.2) is 0 Å². The van der Waals surface area contributed by atoms with Crippen molar-refractivity contribution in [2.45, 2.75) is 112 Å². The summed E-state index contributed by atoms with van der Waals surface area (Å²) in [6.07, 6.45) is 10.1. The van der Waals surface area contributed by atoms with Gasteiger partial charge in [-0.1, -0.05) is 53.2 Å². The lowest BCUT2D eigenvalue weighted by atomic mass is 9.33. The van der Waals surface area contributed by atoms with E-state index >= 15 is 0 Å². The molecule has 0 aliphatic heterocycles. The Morgan fingerprint density at radius 3 is 2.24 bits per heavy atom. The van der Waals surface area contributed by atoms with Gasteiger partial charge in [0.2, 0.25) is 0 Å². The number of carboxylic acid groups (broad SMARTS) is 1. The third kappa shape index (κ3) is 2.81. The van der Waals surface area contributed by atoms with Crippen molar-refractivity contribution < 1.29 is 19.8 Å². The highest BCUT2D eigenvalue weighted by Crippen LogP contribution is 2.75. The molecule has 5 aliphatic carbocycles. The molecular formula is C30H46O4. The van der Waals surface area contributed by atoms with E-state index < -0.39 is 22.9 Å². The quantitative estimate of drug-likeness (QED) is 0.434. The van der Waals surface area contributed by atoms with Gasteiger partial charge >= 0.3 is 5.97 Å². The lowest BCUT2D eigenvalue weighted by Crippen LogP contribution is -2.66. The molecule has 0 radical (unpaired) electrons. The van der Waals surface area contributed by atoms with Crippen LogP contribution in [0.2, 0.25) is 0 Å². The summed E-state index contributed by atoms with van der Waals surface area (Å²) in [5.41, 5.74) is 0.705. The van der Waals surface area contributed by atoms with Gasteiger partial charge in [-0.2, -0.15) is 0 Å². The molecule has 0 amide bonds. The number of rotatable bonds is 1. The molecule has 0 saturated heterocycles. The Kier molecular flexibility index (Phi) is 5.04. The molecule has 2 N–H and O–H groups in total. The Labute approximate surface area is 206 Å². The second-order valence-electron chi connectivity index (χ2n) is 14.9. The van der Waals surface area contributed by atoms with Gasteiger partial charge in [0.25, 0.3) is 0 Å². The highest BCUT2D eigenvalue weighted by molar-refractivity contribution is 5.85. The van der Waals surface area contributed by atoms with E-state index in [1.807, 2.05) is 6.92 Å². The number of aliphatic carboxylic acids is 1. The minimum Gasteiger partial charge on any atom is -0.481 e. The van der Waals surface area contributed by atoms with E-state index in [1.54, 1.807) is 0 Å². The van der Waals surface area contributed by atoms with E-state index in [9.17, 15) is 19.8 Å². The van der Waals surface area contributed by atoms with E-state index in [4.69, 9.17) is 0 Å². The molecule has 34 heavy (non-hydrogen) atoms. The molecule has 4 nitrogen and oxygen atoms in total. The molecule has 0 heterocycles. The van der Waals surface area contributed by atoms with Crippen molar-refractivity contribution in [2.24, 2.45) is 50.2 Å². The monoisotopic (exact) mass is 470 g/mol. The van der Waals surface area contributed by atoms with Gasteiger partial charge in [0.05, 0.1) is 5.41 Å². The number of aliphatic hydroxyl groups is 1. The Morgan fingerprint density at radius 1 is 0.941 bits per heavy atom. The Balaban J connectivity index is 1.59. The van der Waals surface area contributed by atoms with Crippen molar-refractivity contribution in [1.29, 1.82) is 0 Å². The second-order valence-corrected chi connectivity index (χ2v) is 14.9. The molecule has 4 heteroatoms. The number of carboxylic acids is 1. The molecule has 0 spiro atoms. The largest absolute Gasteiger partial charge is 0.481 e. The molecule has 0 bridgehead atoms. The van der Waals surface area contributed by atoms with Crippen LogP contribution < -0.4 is 0 Å². The number of ketones is 1. The number of carbonyl (C=O) groups is 2. The van der Waals surface area contributed by atoms with Crippen LogP contribution in [0.5, 0.6) is 0 Å². The molecule has 0 aromatic rings. The Morgan fingerprint density at radius 2 is 1.59 bits per heavy atom. The maximum atomic E-state index is 13.1. The molecule has 5 rings (SSSR count). The molecule has 0 aromatic carbocycles. The fourth-order valence-electron chi connectivity index (χ4n) is 10.5. The van der Waals surface area contributed by atoms with Crippen molar-refractivity contribution in [3.05, 3.63) is 11.6 Å². The summed E-state index contributed by atoms with van der Waals surface area (Å²) in [5.74, 6) is 0.450. The third-order valence-corrected chi connectivity index (χ3v) is 13.1. The minimum atomic E-state index is -0.855. The van der Waals surface area contributed by atoms with E-state index in [0.717, 1.165) is 51.4 Å². The minimum absolute atomic E-state index is 0.0219. The molecule has 9 unspecified atom stereocenters. The SMILES string of the molecule is CC1(C(=O)O)CCC2(C)CCC3(C)C(=CCC4C5(C)CC(=O)C(O)C(C)(C)C5CCC43C)C2C1. The van der Waals surface area contributed by atoms with E-state index in [0.29, 0.717) is 24.2 Å². The number of hydrogen-bond donors (Lipinski definition) is 2. The summed E-state index contributed by atoms with van der Waals surface area (Å²) in [5, 5.41) is 20.9. The summed E-state index contributed by atoms with van der Waals surface area (Å²) in [4.78, 5) is 25.3. The zero-order chi connectivity index (χ0) is 25.1. The van der Waals surface area contributed by atoms with Gasteiger partial charge < -0.3 is 10.2 Å². The molecule has 0 aromatic heterocycles. The summed E-state index contributed by atoms with van der Waals surface area (Å²) in [6.45, 7) is 15.9. The number of Topliss-reactive ketones (excluding diaryl/α,β-unsaturated/α-hetero) is 1. The van der Waals surface area contributed by atoms with Crippen molar-refractivity contribution in [1.82, 2.24) is 0 Å². The van der Waals surface area contributed by atoms with Crippen LogP contribution in [0.3, 0.4) is 0 Å². The topological polar surface area (TPSA) is 74.6 Å². The highest BCUT2D eigenvalue weighted by Gasteiger charge is 2.69. The second kappa shape index (κ2) is 6.99. The van der Waals surface area contributed by atoms with Crippen LogP contribution in [-0.2, 0) is 9.59 Å². The highest BCUT2D eigenvalue weighted by atomic mass is 16.4. The van der Waals surface area contributed by atoms with E-state index in [2.05, 4.69) is 47.6 Å². The van der Waals surface area contributed by atoms with E-state index in [1.165, 1.54) is 5.57 Å². The van der Waals surface area contributed by atoms with Gasteiger partial charge in [0.1, 0.15) is 6.10 Å². The average molecular weight is 471 g/mol. The van der Waals surface area contributed by atoms with Crippen LogP contribution in [0.4, 0.5) is 0 Å². The van der Waals surface area contributed by atoms with E-state index in [-0.39, 0.29) is 27.4 Å². The standard InChI is InChI=1S/C30H46O4/c1-25(2)21-10-11-30(7)22(28(21,5)17-20(31)23(25)32)9-8-18-19-16-27(4,24(33)34)13-12-26(19,3)14-15-29(18,30)6/h8,19,21-23,32H,9-17H2,1-7H3,(H,33,34). The lowest BCUT2D eigenvalue weighted by Gasteiger charge is -2.71. The first-order chi connectivity index (χ1) is 15.6. The van der Waals surface area contributed by atoms with Gasteiger partial charge in [0, 0.05) is 11.8 Å². The maximum Gasteiger partial charge on any atom is 0.309 e. The fourth-order valence-corrected chi connectivity index (χ4v) is 10.5. The predicted octanol–water partition coefficient (Wildman–Crippen LogP) is 6.41. The number of carbonyl (C=O) groups excluding carboxylic acids is 1. The van der Waals surface area contributed by atoms with Crippen LogP contribution in [0, 0.1) is 50.2 Å². The molecule has 4 saturated carbocycles. The normalized spacial score (nSPS) is 54.1. The van der Waals surface area contributed by atoms with Gasteiger partial charge in [-0.05, 0) is 97.7 Å². The zero-order valence-electron chi connectivity index (χ0n) is 22.5. The van der Waals surface area contributed by atoms with Gasteiger partial charge in [0.15, 0.2) is 5.78 Å². The number of aliphatic hydroxyl groups excluding tert-OH is 1. The first-order valence-corrected chi connectivity index (χ1v) is 13.7. The van der Waals surface area contributed by atoms with Crippen LogP contribution in [0.15, 0.2) is 11.6 Å². The summed E-state index contributed by atoms with van der Waals surface area (Å²) >= 11 is 0. The number of hydrogen-bond acceptors (Lipinski definition) is 3. The van der Waals surface area contributed by atoms with Crippen LogP contribution in [-0.4, -0.2) is 28.1 Å². The zero-order valence-corrected chi connectivity index (χ0v) is 22.5. The smallest absolute Gasteiger partial charge is 0.309 e. The van der Waals surface area contributed by atoms with Crippen molar-refractivity contribution >= 4 is 11.8 Å². The average Bonchev–Trinajstić information content (AvgIpc) is 2.74. The van der Waals surface area contributed by atoms with Crippen molar-refractivity contribution in [3.8, 4) is 0 Å².